The van der Waals surface area contributed by atoms with E-state index >= 15 is 0 Å². The predicted octanol–water partition coefficient (Wildman–Crippen LogP) is 3.11. The molecular formula is C15H18Cl2N2O6S. The lowest BCUT2D eigenvalue weighted by atomic mass is 10.0. The van der Waals surface area contributed by atoms with Gasteiger partial charge in [-0.3, -0.25) is 19.7 Å². The second-order valence-corrected chi connectivity index (χ2v) is 8.12. The number of sulfonamides is 1. The molecule has 0 saturated heterocycles. The van der Waals surface area contributed by atoms with Crippen LogP contribution in [0.5, 0.6) is 0 Å². The average Bonchev–Trinajstić information content (AvgIpc) is 2.53. The molecule has 1 rings (SSSR count). The lowest BCUT2D eigenvalue weighted by molar-refractivity contribution is -0.384. The van der Waals surface area contributed by atoms with E-state index < -0.39 is 31.5 Å². The van der Waals surface area contributed by atoms with Crippen LogP contribution in [0.1, 0.15) is 38.5 Å². The van der Waals surface area contributed by atoms with Crippen LogP contribution in [0.4, 0.5) is 5.69 Å². The maximum atomic E-state index is 12.5. The minimum atomic E-state index is -3.91. The standard InChI is InChI=1S/C15H18Cl2N2O6S/c16-14(20)5-1-3-11(4-2-6-15(17)21)18-26(24,25)13-9-7-12(8-10-13)19(22)23/h7-11,18H,1-6H2. The fourth-order valence-corrected chi connectivity index (χ4v) is 3.84. The van der Waals surface area contributed by atoms with Crippen LogP contribution in [0.2, 0.25) is 0 Å². The Morgan fingerprint density at radius 3 is 1.88 bits per heavy atom. The number of carbonyl (C=O) groups is 2. The number of hydrogen-bond acceptors (Lipinski definition) is 6. The molecular weight excluding hydrogens is 407 g/mol. The van der Waals surface area contributed by atoms with Crippen molar-refractivity contribution in [2.24, 2.45) is 0 Å². The lowest BCUT2D eigenvalue weighted by Gasteiger charge is -2.18. The van der Waals surface area contributed by atoms with Gasteiger partial charge in [0.25, 0.3) is 5.69 Å². The van der Waals surface area contributed by atoms with Crippen LogP contribution in [0.3, 0.4) is 0 Å². The summed E-state index contributed by atoms with van der Waals surface area (Å²) in [4.78, 5) is 31.6. The van der Waals surface area contributed by atoms with Gasteiger partial charge in [0.15, 0.2) is 0 Å². The van der Waals surface area contributed by atoms with E-state index in [1.54, 1.807) is 0 Å². The first-order valence-corrected chi connectivity index (χ1v) is 9.99. The molecule has 0 heterocycles. The second-order valence-electron chi connectivity index (χ2n) is 5.56. The first kappa shape index (κ1) is 22.5. The zero-order chi connectivity index (χ0) is 19.7. The minimum absolute atomic E-state index is 0.103. The summed E-state index contributed by atoms with van der Waals surface area (Å²) >= 11 is 10.6. The minimum Gasteiger partial charge on any atom is -0.281 e. The Balaban J connectivity index is 2.82. The van der Waals surface area contributed by atoms with E-state index in [0.717, 1.165) is 24.3 Å². The monoisotopic (exact) mass is 424 g/mol. The normalized spacial score (nSPS) is 11.5. The molecule has 1 aromatic rings. The van der Waals surface area contributed by atoms with Crippen molar-refractivity contribution in [3.05, 3.63) is 34.4 Å². The highest BCUT2D eigenvalue weighted by molar-refractivity contribution is 7.89. The topological polar surface area (TPSA) is 123 Å². The number of halogens is 2. The molecule has 144 valence electrons. The summed E-state index contributed by atoms with van der Waals surface area (Å²) in [6, 6.07) is 3.95. The van der Waals surface area contributed by atoms with E-state index in [2.05, 4.69) is 4.72 Å². The zero-order valence-corrected chi connectivity index (χ0v) is 16.0. The first-order chi connectivity index (χ1) is 12.1. The summed E-state index contributed by atoms with van der Waals surface area (Å²) in [7, 11) is -3.91. The van der Waals surface area contributed by atoms with E-state index in [9.17, 15) is 28.1 Å². The van der Waals surface area contributed by atoms with E-state index in [4.69, 9.17) is 23.2 Å². The fraction of sp³-hybridized carbons (Fsp3) is 0.467. The number of non-ortho nitro benzene ring substituents is 1. The Morgan fingerprint density at radius 1 is 1.04 bits per heavy atom. The molecule has 0 amide bonds. The number of nitro groups is 1. The molecule has 26 heavy (non-hydrogen) atoms. The van der Waals surface area contributed by atoms with Gasteiger partial charge < -0.3 is 0 Å². The number of rotatable bonds is 12. The number of hydrogen-bond donors (Lipinski definition) is 1. The molecule has 0 atom stereocenters. The molecule has 0 unspecified atom stereocenters. The van der Waals surface area contributed by atoms with Gasteiger partial charge in [-0.15, -0.1) is 0 Å². The van der Waals surface area contributed by atoms with Crippen LogP contribution >= 0.6 is 23.2 Å². The van der Waals surface area contributed by atoms with Gasteiger partial charge in [0.05, 0.1) is 9.82 Å². The van der Waals surface area contributed by atoms with Crippen molar-refractivity contribution in [1.82, 2.24) is 4.72 Å². The SMILES string of the molecule is O=C(Cl)CCCC(CCCC(=O)Cl)NS(=O)(=O)c1ccc([N+](=O)[O-])cc1. The summed E-state index contributed by atoms with van der Waals surface area (Å²) in [5, 5.41) is 9.62. The van der Waals surface area contributed by atoms with Crippen LogP contribution in [0, 0.1) is 10.1 Å². The fourth-order valence-electron chi connectivity index (χ4n) is 2.27. The second kappa shape index (κ2) is 10.6. The van der Waals surface area contributed by atoms with Crippen molar-refractivity contribution >= 4 is 49.4 Å². The number of carbonyl (C=O) groups excluding carboxylic acids is 2. The zero-order valence-electron chi connectivity index (χ0n) is 13.7. The molecule has 0 saturated carbocycles. The highest BCUT2D eigenvalue weighted by Crippen LogP contribution is 2.18. The summed E-state index contributed by atoms with van der Waals surface area (Å²) in [6.45, 7) is 0. The highest BCUT2D eigenvalue weighted by Gasteiger charge is 2.21. The third kappa shape index (κ3) is 8.22. The van der Waals surface area contributed by atoms with Crippen LogP contribution in [-0.4, -0.2) is 29.9 Å². The van der Waals surface area contributed by atoms with Crippen molar-refractivity contribution in [2.75, 3.05) is 0 Å². The third-order valence-electron chi connectivity index (χ3n) is 3.53. The van der Waals surface area contributed by atoms with Gasteiger partial charge in [0.1, 0.15) is 0 Å². The van der Waals surface area contributed by atoms with E-state index in [0.29, 0.717) is 25.7 Å². The number of nitrogens with zero attached hydrogens (tertiary/aromatic N) is 1. The average molecular weight is 425 g/mol. The molecule has 0 spiro atoms. The summed E-state index contributed by atoms with van der Waals surface area (Å²) in [5.74, 6) is 0. The number of nitro benzene ring substituents is 1. The van der Waals surface area contributed by atoms with Gasteiger partial charge in [0, 0.05) is 31.0 Å². The third-order valence-corrected chi connectivity index (χ3v) is 5.45. The molecule has 0 aromatic heterocycles. The lowest BCUT2D eigenvalue weighted by Crippen LogP contribution is -2.35. The summed E-state index contributed by atoms with van der Waals surface area (Å²) < 4.78 is 27.4. The summed E-state index contributed by atoms with van der Waals surface area (Å²) in [5.41, 5.74) is -0.221. The van der Waals surface area contributed by atoms with Crippen molar-refractivity contribution in [3.8, 4) is 0 Å². The molecule has 0 aliphatic carbocycles. The van der Waals surface area contributed by atoms with Crippen molar-refractivity contribution < 1.29 is 22.9 Å². The Hall–Kier alpha value is -1.55. The van der Waals surface area contributed by atoms with Gasteiger partial charge >= 0.3 is 0 Å². The maximum Gasteiger partial charge on any atom is 0.269 e. The first-order valence-electron chi connectivity index (χ1n) is 7.75. The van der Waals surface area contributed by atoms with Gasteiger partial charge in [-0.2, -0.15) is 0 Å². The van der Waals surface area contributed by atoms with Crippen LogP contribution < -0.4 is 4.72 Å². The maximum absolute atomic E-state index is 12.5. The van der Waals surface area contributed by atoms with Crippen LogP contribution in [-0.2, 0) is 19.6 Å². The van der Waals surface area contributed by atoms with Gasteiger partial charge in [-0.1, -0.05) is 0 Å². The molecule has 1 aromatic carbocycles. The predicted molar refractivity (Wildman–Crippen MR) is 96.6 cm³/mol. The van der Waals surface area contributed by atoms with Crippen LogP contribution in [0.25, 0.3) is 0 Å². The molecule has 1 N–H and O–H groups in total. The van der Waals surface area contributed by atoms with Gasteiger partial charge in [-0.05, 0) is 61.0 Å². The van der Waals surface area contributed by atoms with Crippen LogP contribution in [0.15, 0.2) is 29.2 Å². The highest BCUT2D eigenvalue weighted by atomic mass is 35.5. The molecule has 0 aliphatic heterocycles. The van der Waals surface area contributed by atoms with Crippen molar-refractivity contribution in [1.29, 1.82) is 0 Å². The van der Waals surface area contributed by atoms with Gasteiger partial charge in [0.2, 0.25) is 20.5 Å². The largest absolute Gasteiger partial charge is 0.281 e. The van der Waals surface area contributed by atoms with E-state index in [-0.39, 0.29) is 23.4 Å². The molecule has 0 aliphatic rings. The Morgan fingerprint density at radius 2 is 1.50 bits per heavy atom. The smallest absolute Gasteiger partial charge is 0.269 e. The molecule has 8 nitrogen and oxygen atoms in total. The van der Waals surface area contributed by atoms with Crippen molar-refractivity contribution in [3.63, 3.8) is 0 Å². The number of benzene rings is 1. The molecule has 11 heteroatoms. The Labute approximate surface area is 161 Å². The summed E-state index contributed by atoms with van der Waals surface area (Å²) in [6.07, 6.45) is 1.66. The molecule has 0 radical (unpaired) electrons. The van der Waals surface area contributed by atoms with Gasteiger partial charge in [-0.25, -0.2) is 13.1 Å². The van der Waals surface area contributed by atoms with E-state index in [1.165, 1.54) is 0 Å². The Bertz CT molecular complexity index is 732. The number of nitrogens with one attached hydrogen (secondary N) is 1. The van der Waals surface area contributed by atoms with Crippen molar-refractivity contribution in [2.45, 2.75) is 49.5 Å². The molecule has 0 bridgehead atoms. The Kier molecular flexibility index (Phi) is 9.14. The quantitative estimate of drug-likeness (QED) is 0.312. The van der Waals surface area contributed by atoms with E-state index in [1.807, 2.05) is 0 Å². The molecule has 0 fully saturated rings.